The van der Waals surface area contributed by atoms with Crippen molar-refractivity contribution in [3.05, 3.63) is 47.3 Å². The molecule has 1 aliphatic heterocycles. The molecule has 7 heteroatoms. The van der Waals surface area contributed by atoms with E-state index in [0.717, 1.165) is 5.56 Å². The lowest BCUT2D eigenvalue weighted by Gasteiger charge is -2.22. The molecule has 3 rings (SSSR count). The first-order valence-corrected chi connectivity index (χ1v) is 9.12. The van der Waals surface area contributed by atoms with Crippen LogP contribution in [0.2, 0.25) is 0 Å². The third-order valence-corrected chi connectivity index (χ3v) is 6.16. The third kappa shape index (κ3) is 2.88. The Morgan fingerprint density at radius 2 is 2.13 bits per heavy atom. The number of sulfone groups is 1. The minimum atomic E-state index is -3.06. The highest BCUT2D eigenvalue weighted by atomic mass is 32.2. The first kappa shape index (κ1) is 15.7. The molecule has 1 saturated heterocycles. The first-order chi connectivity index (χ1) is 10.7. The summed E-state index contributed by atoms with van der Waals surface area (Å²) in [5.74, 6) is -0.263. The second kappa shape index (κ2) is 5.19. The fourth-order valence-electron chi connectivity index (χ4n) is 2.90. The van der Waals surface area contributed by atoms with Crippen LogP contribution in [0.25, 0.3) is 0 Å². The van der Waals surface area contributed by atoms with Crippen LogP contribution in [0.5, 0.6) is 5.75 Å². The van der Waals surface area contributed by atoms with Crippen molar-refractivity contribution in [3.8, 4) is 5.75 Å². The second-order valence-corrected chi connectivity index (χ2v) is 8.55. The lowest BCUT2D eigenvalue weighted by atomic mass is 10.0. The molecular formula is C16H18N2O4S. The van der Waals surface area contributed by atoms with Gasteiger partial charge in [0, 0.05) is 6.20 Å². The van der Waals surface area contributed by atoms with Gasteiger partial charge in [-0.25, -0.2) is 8.42 Å². The summed E-state index contributed by atoms with van der Waals surface area (Å²) in [4.78, 5) is 12.5. The Bertz CT molecular complexity index is 885. The van der Waals surface area contributed by atoms with Crippen molar-refractivity contribution in [2.24, 2.45) is 0 Å². The van der Waals surface area contributed by atoms with Crippen molar-refractivity contribution < 1.29 is 18.3 Å². The number of aromatic hydroxyl groups is 1. The van der Waals surface area contributed by atoms with Crippen LogP contribution in [0.1, 0.15) is 34.8 Å². The number of benzene rings is 1. The van der Waals surface area contributed by atoms with Crippen LogP contribution in [0.4, 0.5) is 0 Å². The van der Waals surface area contributed by atoms with Crippen LogP contribution >= 0.6 is 0 Å². The van der Waals surface area contributed by atoms with Gasteiger partial charge in [-0.15, -0.1) is 0 Å². The van der Waals surface area contributed by atoms with E-state index in [1.807, 2.05) is 13.8 Å². The standard InChI is InChI=1S/C16H18N2O4S/c1-11-3-4-14(19)13(7-11)15(20)12-8-17-18(9-12)16(2)5-6-23(21,22)10-16/h3-4,7-9,19H,5-6,10H2,1-2H3/t16-/m0/s1. The molecule has 2 aromatic rings. The number of phenolic OH excluding ortho intramolecular Hbond substituents is 1. The summed E-state index contributed by atoms with van der Waals surface area (Å²) in [5, 5.41) is 14.1. The van der Waals surface area contributed by atoms with Crippen molar-refractivity contribution >= 4 is 15.6 Å². The maximum absolute atomic E-state index is 12.5. The topological polar surface area (TPSA) is 89.3 Å². The van der Waals surface area contributed by atoms with E-state index in [0.29, 0.717) is 12.0 Å². The summed E-state index contributed by atoms with van der Waals surface area (Å²) in [5.41, 5.74) is 0.781. The highest BCUT2D eigenvalue weighted by Gasteiger charge is 2.40. The number of aryl methyl sites for hydroxylation is 1. The third-order valence-electron chi connectivity index (χ3n) is 4.28. The fourth-order valence-corrected chi connectivity index (χ4v) is 5.02. The quantitative estimate of drug-likeness (QED) is 0.862. The van der Waals surface area contributed by atoms with E-state index in [1.165, 1.54) is 12.3 Å². The van der Waals surface area contributed by atoms with E-state index in [9.17, 15) is 18.3 Å². The van der Waals surface area contributed by atoms with Gasteiger partial charge in [0.05, 0.1) is 34.4 Å². The molecule has 0 aliphatic carbocycles. The van der Waals surface area contributed by atoms with Gasteiger partial charge >= 0.3 is 0 Å². The summed E-state index contributed by atoms with van der Waals surface area (Å²) >= 11 is 0. The molecule has 0 radical (unpaired) electrons. The van der Waals surface area contributed by atoms with Gasteiger partial charge in [0.15, 0.2) is 15.6 Å². The summed E-state index contributed by atoms with van der Waals surface area (Å²) < 4.78 is 25.0. The molecule has 6 nitrogen and oxygen atoms in total. The molecule has 2 heterocycles. The van der Waals surface area contributed by atoms with Crippen molar-refractivity contribution in [2.75, 3.05) is 11.5 Å². The Morgan fingerprint density at radius 3 is 2.78 bits per heavy atom. The number of hydrogen-bond acceptors (Lipinski definition) is 5. The Kier molecular flexibility index (Phi) is 3.55. The number of carbonyl (C=O) groups is 1. The fraction of sp³-hybridized carbons (Fsp3) is 0.375. The molecule has 1 N–H and O–H groups in total. The van der Waals surface area contributed by atoms with E-state index in [4.69, 9.17) is 0 Å². The predicted molar refractivity (Wildman–Crippen MR) is 85.4 cm³/mol. The molecule has 1 aromatic heterocycles. The molecule has 0 spiro atoms. The zero-order valence-corrected chi connectivity index (χ0v) is 13.8. The SMILES string of the molecule is Cc1ccc(O)c(C(=O)c2cnn([C@@]3(C)CCS(=O)(=O)C3)c2)c1. The number of carbonyl (C=O) groups excluding carboxylic acids is 1. The number of rotatable bonds is 3. The molecule has 23 heavy (non-hydrogen) atoms. The van der Waals surface area contributed by atoms with Crippen molar-refractivity contribution in [1.29, 1.82) is 0 Å². The molecule has 1 aromatic carbocycles. The van der Waals surface area contributed by atoms with E-state index in [2.05, 4.69) is 5.10 Å². The number of phenols is 1. The highest BCUT2D eigenvalue weighted by Crippen LogP contribution is 2.30. The number of ketones is 1. The number of nitrogens with zero attached hydrogens (tertiary/aromatic N) is 2. The lowest BCUT2D eigenvalue weighted by molar-refractivity contribution is 0.103. The van der Waals surface area contributed by atoms with Gasteiger partial charge in [-0.2, -0.15) is 5.10 Å². The van der Waals surface area contributed by atoms with Crippen LogP contribution < -0.4 is 0 Å². The predicted octanol–water partition coefficient (Wildman–Crippen LogP) is 1.66. The smallest absolute Gasteiger partial charge is 0.199 e. The average Bonchev–Trinajstić information content (AvgIpc) is 3.07. The molecule has 0 saturated carbocycles. The zero-order chi connectivity index (χ0) is 16.8. The van der Waals surface area contributed by atoms with Crippen molar-refractivity contribution in [2.45, 2.75) is 25.8 Å². The Balaban J connectivity index is 1.93. The number of hydrogen-bond donors (Lipinski definition) is 1. The molecule has 1 fully saturated rings. The molecular weight excluding hydrogens is 316 g/mol. The van der Waals surface area contributed by atoms with Crippen molar-refractivity contribution in [1.82, 2.24) is 9.78 Å². The normalized spacial score (nSPS) is 23.0. The first-order valence-electron chi connectivity index (χ1n) is 7.30. The monoisotopic (exact) mass is 334 g/mol. The van der Waals surface area contributed by atoms with Gasteiger partial charge in [-0.05, 0) is 32.4 Å². The maximum atomic E-state index is 12.5. The minimum Gasteiger partial charge on any atom is -0.507 e. The van der Waals surface area contributed by atoms with Gasteiger partial charge < -0.3 is 5.11 Å². The summed E-state index contributed by atoms with van der Waals surface area (Å²) in [6, 6.07) is 4.83. The van der Waals surface area contributed by atoms with Gasteiger partial charge in [0.2, 0.25) is 0 Å². The van der Waals surface area contributed by atoms with Gasteiger partial charge in [-0.3, -0.25) is 9.48 Å². The summed E-state index contributed by atoms with van der Waals surface area (Å²) in [6.07, 6.45) is 3.45. The van der Waals surface area contributed by atoms with Crippen LogP contribution in [0, 0.1) is 6.92 Å². The van der Waals surface area contributed by atoms with E-state index < -0.39 is 15.4 Å². The van der Waals surface area contributed by atoms with E-state index in [-0.39, 0.29) is 28.6 Å². The highest BCUT2D eigenvalue weighted by molar-refractivity contribution is 7.91. The van der Waals surface area contributed by atoms with Crippen LogP contribution in [-0.2, 0) is 15.4 Å². The largest absolute Gasteiger partial charge is 0.507 e. The minimum absolute atomic E-state index is 0.0189. The molecule has 1 atom stereocenters. The molecule has 0 amide bonds. The van der Waals surface area contributed by atoms with Gasteiger partial charge in [-0.1, -0.05) is 11.6 Å². The molecule has 1 aliphatic rings. The van der Waals surface area contributed by atoms with Crippen LogP contribution in [0.15, 0.2) is 30.6 Å². The molecule has 0 bridgehead atoms. The average molecular weight is 334 g/mol. The van der Waals surface area contributed by atoms with Crippen molar-refractivity contribution in [3.63, 3.8) is 0 Å². The van der Waals surface area contributed by atoms with Gasteiger partial charge in [0.25, 0.3) is 0 Å². The molecule has 0 unspecified atom stereocenters. The van der Waals surface area contributed by atoms with E-state index >= 15 is 0 Å². The lowest BCUT2D eigenvalue weighted by Crippen LogP contribution is -2.31. The second-order valence-electron chi connectivity index (χ2n) is 6.36. The number of aromatic nitrogens is 2. The van der Waals surface area contributed by atoms with Crippen LogP contribution in [0.3, 0.4) is 0 Å². The Morgan fingerprint density at radius 1 is 1.39 bits per heavy atom. The Hall–Kier alpha value is -2.15. The molecule has 122 valence electrons. The summed E-state index contributed by atoms with van der Waals surface area (Å²) in [6.45, 7) is 3.66. The van der Waals surface area contributed by atoms with E-state index in [1.54, 1.807) is 23.0 Å². The Labute approximate surface area is 134 Å². The maximum Gasteiger partial charge on any atom is 0.199 e. The summed E-state index contributed by atoms with van der Waals surface area (Å²) in [7, 11) is -3.06. The van der Waals surface area contributed by atoms with Gasteiger partial charge in [0.1, 0.15) is 5.75 Å². The van der Waals surface area contributed by atoms with Crippen LogP contribution in [-0.4, -0.2) is 40.6 Å². The zero-order valence-electron chi connectivity index (χ0n) is 13.0.